The van der Waals surface area contributed by atoms with Crippen LogP contribution in [0.15, 0.2) is 91.0 Å². The van der Waals surface area contributed by atoms with Crippen molar-refractivity contribution >= 4 is 29.3 Å². The Hall–Kier alpha value is -5.52. The number of piperazine rings is 1. The van der Waals surface area contributed by atoms with Crippen molar-refractivity contribution in [3.63, 3.8) is 0 Å². The van der Waals surface area contributed by atoms with Crippen molar-refractivity contribution in [2.45, 2.75) is 62.4 Å². The summed E-state index contributed by atoms with van der Waals surface area (Å²) in [5, 5.41) is 12.4. The van der Waals surface area contributed by atoms with Gasteiger partial charge in [0.15, 0.2) is 0 Å². The summed E-state index contributed by atoms with van der Waals surface area (Å²) in [4.78, 5) is 58.9. The number of ether oxygens (including phenoxy) is 1. The summed E-state index contributed by atoms with van der Waals surface area (Å²) >= 11 is 0. The molecule has 3 saturated heterocycles. The fourth-order valence-electron chi connectivity index (χ4n) is 9.85. The minimum absolute atomic E-state index is 0.102. The highest BCUT2D eigenvalue weighted by molar-refractivity contribution is 6.23. The van der Waals surface area contributed by atoms with E-state index in [-0.39, 0.29) is 24.7 Å². The standard InChI is InChI=1S/C46H49N5O6/c52-35-10-15-38-32(28-35)8-13-37(30-4-2-1-3-5-30)43(38)31-6-11-36(12-7-31)57-27-26-48-20-18-33(19-21-48)49-22-24-50(25-23-49)34-9-14-39-40(29-34)46(56)51(45(39)55)41-16-17-42(53)47-44(41)54/h1-7,9-12,14-15,28-29,33,37,41,43,52H,8,13,16-27H2,(H,47,53,54)/t37-,41?,43+/m1/s1. The van der Waals surface area contributed by atoms with Gasteiger partial charge in [0.25, 0.3) is 11.8 Å². The molecule has 57 heavy (non-hydrogen) atoms. The van der Waals surface area contributed by atoms with E-state index in [2.05, 4.69) is 80.7 Å². The van der Waals surface area contributed by atoms with Crippen molar-refractivity contribution in [3.05, 3.63) is 124 Å². The first-order chi connectivity index (χ1) is 27.8. The van der Waals surface area contributed by atoms with Gasteiger partial charge in [0.2, 0.25) is 11.8 Å². The number of imide groups is 2. The van der Waals surface area contributed by atoms with Crippen molar-refractivity contribution in [1.29, 1.82) is 0 Å². The van der Waals surface area contributed by atoms with Gasteiger partial charge in [-0.15, -0.1) is 0 Å². The van der Waals surface area contributed by atoms with E-state index in [1.165, 1.54) is 22.3 Å². The Labute approximate surface area is 333 Å². The molecule has 1 aliphatic carbocycles. The second-order valence-electron chi connectivity index (χ2n) is 16.1. The number of phenolic OH excluding ortho intramolecular Hbond substituents is 1. The second-order valence-corrected chi connectivity index (χ2v) is 16.1. The number of rotatable bonds is 9. The van der Waals surface area contributed by atoms with Gasteiger partial charge in [-0.1, -0.05) is 48.5 Å². The molecule has 0 bridgehead atoms. The molecule has 11 heteroatoms. The number of piperidine rings is 2. The van der Waals surface area contributed by atoms with Crippen LogP contribution >= 0.6 is 0 Å². The molecule has 5 aliphatic rings. The van der Waals surface area contributed by atoms with E-state index in [1.807, 2.05) is 18.2 Å². The number of anilines is 1. The van der Waals surface area contributed by atoms with Gasteiger partial charge in [-0.25, -0.2) is 0 Å². The van der Waals surface area contributed by atoms with Gasteiger partial charge >= 0.3 is 0 Å². The summed E-state index contributed by atoms with van der Waals surface area (Å²) in [6.07, 6.45) is 4.47. The molecule has 4 heterocycles. The number of aromatic hydroxyl groups is 1. The molecule has 4 amide bonds. The van der Waals surface area contributed by atoms with Crippen LogP contribution in [0.25, 0.3) is 0 Å². The van der Waals surface area contributed by atoms with Crippen LogP contribution in [0.2, 0.25) is 0 Å². The number of fused-ring (bicyclic) bond motifs is 2. The SMILES string of the molecule is O=C1CCC(N2C(=O)c3ccc(N4CCN(C5CCN(CCOc6ccc([C@@H]7c8ccc(O)cc8CC[C@@H]7c7ccccc7)cc6)CC5)CC4)cc3C2=O)C(=O)N1. The maximum Gasteiger partial charge on any atom is 0.262 e. The number of hydrogen-bond acceptors (Lipinski definition) is 9. The van der Waals surface area contributed by atoms with Crippen LogP contribution in [-0.4, -0.2) is 108 Å². The van der Waals surface area contributed by atoms with E-state index in [9.17, 15) is 24.3 Å². The number of nitrogens with one attached hydrogen (secondary N) is 1. The van der Waals surface area contributed by atoms with E-state index < -0.39 is 23.8 Å². The number of likely N-dealkylation sites (tertiary alicyclic amines) is 1. The number of hydrogen-bond donors (Lipinski definition) is 2. The van der Waals surface area contributed by atoms with Crippen molar-refractivity contribution in [1.82, 2.24) is 20.0 Å². The number of carbonyl (C=O) groups excluding carboxylic acids is 4. The van der Waals surface area contributed by atoms with Gasteiger partial charge in [0, 0.05) is 56.8 Å². The molecule has 4 aliphatic heterocycles. The van der Waals surface area contributed by atoms with Gasteiger partial charge in [-0.05, 0) is 116 Å². The molecule has 3 fully saturated rings. The zero-order valence-corrected chi connectivity index (χ0v) is 32.1. The third kappa shape index (κ3) is 7.42. The second kappa shape index (κ2) is 15.8. The smallest absolute Gasteiger partial charge is 0.262 e. The predicted molar refractivity (Wildman–Crippen MR) is 216 cm³/mol. The Kier molecular flexibility index (Phi) is 10.3. The lowest BCUT2D eigenvalue weighted by Gasteiger charge is -2.43. The van der Waals surface area contributed by atoms with Crippen molar-refractivity contribution in [2.75, 3.05) is 57.3 Å². The predicted octanol–water partition coefficient (Wildman–Crippen LogP) is 5.32. The normalized spacial score (nSPS) is 23.3. The Balaban J connectivity index is 0.742. The lowest BCUT2D eigenvalue weighted by atomic mass is 9.69. The molecule has 1 unspecified atom stereocenters. The van der Waals surface area contributed by atoms with Gasteiger partial charge in [-0.3, -0.25) is 39.2 Å². The monoisotopic (exact) mass is 767 g/mol. The summed E-state index contributed by atoms with van der Waals surface area (Å²) < 4.78 is 6.27. The molecule has 0 radical (unpaired) electrons. The average molecular weight is 768 g/mol. The molecule has 4 aromatic rings. The fourth-order valence-corrected chi connectivity index (χ4v) is 9.85. The van der Waals surface area contributed by atoms with E-state index in [1.54, 1.807) is 12.1 Å². The maximum atomic E-state index is 13.3. The van der Waals surface area contributed by atoms with Gasteiger partial charge in [-0.2, -0.15) is 0 Å². The Morgan fingerprint density at radius 2 is 1.46 bits per heavy atom. The fraction of sp³-hybridized carbons (Fsp3) is 0.391. The molecule has 0 saturated carbocycles. The summed E-state index contributed by atoms with van der Waals surface area (Å²) in [6.45, 7) is 7.11. The quantitative estimate of drug-likeness (QED) is 0.218. The minimum Gasteiger partial charge on any atom is -0.508 e. The van der Waals surface area contributed by atoms with Crippen LogP contribution in [-0.2, 0) is 16.0 Å². The first-order valence-electron chi connectivity index (χ1n) is 20.5. The Bertz CT molecular complexity index is 2160. The van der Waals surface area contributed by atoms with E-state index in [0.29, 0.717) is 35.4 Å². The first-order valence-corrected chi connectivity index (χ1v) is 20.5. The highest BCUT2D eigenvalue weighted by Crippen LogP contribution is 2.47. The van der Waals surface area contributed by atoms with E-state index >= 15 is 0 Å². The van der Waals surface area contributed by atoms with Crippen LogP contribution in [0.1, 0.15) is 86.9 Å². The molecule has 294 valence electrons. The third-order valence-electron chi connectivity index (χ3n) is 12.9. The molecular weight excluding hydrogens is 719 g/mol. The number of phenols is 1. The molecule has 9 rings (SSSR count). The molecule has 4 aromatic carbocycles. The number of nitrogens with zero attached hydrogens (tertiary/aromatic N) is 4. The molecule has 2 N–H and O–H groups in total. The zero-order valence-electron chi connectivity index (χ0n) is 32.1. The lowest BCUT2D eigenvalue weighted by molar-refractivity contribution is -0.136. The highest BCUT2D eigenvalue weighted by Gasteiger charge is 2.45. The lowest BCUT2D eigenvalue weighted by Crippen LogP contribution is -2.54. The average Bonchev–Trinajstić information content (AvgIpc) is 3.49. The summed E-state index contributed by atoms with van der Waals surface area (Å²) in [6, 6.07) is 30.2. The first kappa shape index (κ1) is 37.1. The van der Waals surface area contributed by atoms with Crippen LogP contribution in [0.4, 0.5) is 5.69 Å². The van der Waals surface area contributed by atoms with Crippen LogP contribution in [0.5, 0.6) is 11.5 Å². The number of benzene rings is 4. The molecule has 0 spiro atoms. The topological polar surface area (TPSA) is 123 Å². The number of aryl methyl sites for hydroxylation is 1. The van der Waals surface area contributed by atoms with Gasteiger partial charge in [0.1, 0.15) is 24.1 Å². The summed E-state index contributed by atoms with van der Waals surface area (Å²) in [5.41, 5.74) is 6.68. The summed E-state index contributed by atoms with van der Waals surface area (Å²) in [7, 11) is 0. The van der Waals surface area contributed by atoms with Crippen molar-refractivity contribution in [2.24, 2.45) is 0 Å². The molecular formula is C46H49N5O6. The Morgan fingerprint density at radius 3 is 2.21 bits per heavy atom. The van der Waals surface area contributed by atoms with E-state index in [0.717, 1.165) is 87.8 Å². The molecule has 0 aromatic heterocycles. The number of carbonyl (C=O) groups is 4. The van der Waals surface area contributed by atoms with E-state index in [4.69, 9.17) is 4.74 Å². The highest BCUT2D eigenvalue weighted by atomic mass is 16.5. The van der Waals surface area contributed by atoms with Crippen LogP contribution < -0.4 is 15.0 Å². The largest absolute Gasteiger partial charge is 0.508 e. The zero-order chi connectivity index (χ0) is 39.0. The third-order valence-corrected chi connectivity index (χ3v) is 12.9. The minimum atomic E-state index is -0.961. The maximum absolute atomic E-state index is 13.3. The van der Waals surface area contributed by atoms with Crippen molar-refractivity contribution in [3.8, 4) is 11.5 Å². The van der Waals surface area contributed by atoms with Gasteiger partial charge < -0.3 is 14.7 Å². The summed E-state index contributed by atoms with van der Waals surface area (Å²) in [5.74, 6) is -0.130. The molecule has 11 nitrogen and oxygen atoms in total. The number of amides is 4. The Morgan fingerprint density at radius 1 is 0.702 bits per heavy atom. The van der Waals surface area contributed by atoms with Crippen molar-refractivity contribution < 1.29 is 29.0 Å². The molecule has 3 atom stereocenters. The van der Waals surface area contributed by atoms with Crippen LogP contribution in [0.3, 0.4) is 0 Å². The van der Waals surface area contributed by atoms with Gasteiger partial charge in [0.05, 0.1) is 11.1 Å². The van der Waals surface area contributed by atoms with Crippen LogP contribution in [0, 0.1) is 0 Å².